The van der Waals surface area contributed by atoms with Gasteiger partial charge in [0.05, 0.1) is 11.2 Å². The summed E-state index contributed by atoms with van der Waals surface area (Å²) >= 11 is 0. The van der Waals surface area contributed by atoms with E-state index in [4.69, 9.17) is 4.74 Å². The minimum Gasteiger partial charge on any atom is -0.359 e. The van der Waals surface area contributed by atoms with Gasteiger partial charge in [-0.1, -0.05) is 31.2 Å². The fraction of sp³-hybridized carbons (Fsp3) is 0.567. The van der Waals surface area contributed by atoms with E-state index in [9.17, 15) is 0 Å². The molecule has 1 saturated heterocycles. The van der Waals surface area contributed by atoms with Gasteiger partial charge in [0.1, 0.15) is 0 Å². The highest BCUT2D eigenvalue weighted by Crippen LogP contribution is 2.70. The van der Waals surface area contributed by atoms with Crippen molar-refractivity contribution in [1.82, 2.24) is 9.88 Å². The van der Waals surface area contributed by atoms with Crippen LogP contribution in [0.15, 0.2) is 60.0 Å². The van der Waals surface area contributed by atoms with E-state index in [0.29, 0.717) is 23.3 Å². The highest BCUT2D eigenvalue weighted by Gasteiger charge is 2.67. The van der Waals surface area contributed by atoms with Crippen molar-refractivity contribution >= 4 is 10.8 Å². The topological polar surface area (TPSA) is 25.4 Å². The average molecular weight is 441 g/mol. The first-order valence-corrected chi connectivity index (χ1v) is 13.1. The molecule has 7 rings (SSSR count). The standard InChI is InChI=1S/C30H36N2O/c1-28-12-10-24-17-23-6-7-25(32(2)3)18-29(23)13-14-30(24,33-29)27(28)9-8-26(28)21-5-4-20-11-15-31-19-22(20)16-21/h4-6,11,15-17,19,25-27H,7-10,12-14,18H2,1-3H3/t25-,26-,27-,28-,29-,30-/m1/s1. The quantitative estimate of drug-likeness (QED) is 0.540. The first-order valence-electron chi connectivity index (χ1n) is 13.1. The van der Waals surface area contributed by atoms with Crippen LogP contribution in [-0.4, -0.2) is 41.2 Å². The van der Waals surface area contributed by atoms with Crippen molar-refractivity contribution in [3.05, 3.63) is 65.5 Å². The normalized spacial score (nSPS) is 41.4. The summed E-state index contributed by atoms with van der Waals surface area (Å²) in [5.74, 6) is 1.24. The van der Waals surface area contributed by atoms with E-state index in [-0.39, 0.29) is 11.2 Å². The van der Waals surface area contributed by atoms with Crippen molar-refractivity contribution in [3.8, 4) is 0 Å². The summed E-state index contributed by atoms with van der Waals surface area (Å²) in [4.78, 5) is 6.79. The largest absolute Gasteiger partial charge is 0.359 e. The van der Waals surface area contributed by atoms with Crippen LogP contribution in [-0.2, 0) is 4.74 Å². The summed E-state index contributed by atoms with van der Waals surface area (Å²) in [5, 5.41) is 2.57. The van der Waals surface area contributed by atoms with E-state index in [2.05, 4.69) is 67.3 Å². The molecule has 0 radical (unpaired) electrons. The molecule has 2 spiro atoms. The number of pyridine rings is 1. The first-order chi connectivity index (χ1) is 15.9. The maximum absolute atomic E-state index is 7.42. The Labute approximate surface area is 197 Å². The molecule has 2 bridgehead atoms. The number of fused-ring (bicyclic) bond motifs is 2. The maximum Gasteiger partial charge on any atom is 0.0956 e. The summed E-state index contributed by atoms with van der Waals surface area (Å²) in [6.07, 6.45) is 18.8. The average Bonchev–Trinajstić information content (AvgIpc) is 3.33. The predicted molar refractivity (Wildman–Crippen MR) is 133 cm³/mol. The lowest BCUT2D eigenvalue weighted by Crippen LogP contribution is -2.55. The van der Waals surface area contributed by atoms with E-state index in [1.54, 1.807) is 5.57 Å². The highest BCUT2D eigenvalue weighted by molar-refractivity contribution is 5.82. The molecule has 0 N–H and O–H groups in total. The molecule has 3 heterocycles. The maximum atomic E-state index is 7.42. The van der Waals surface area contributed by atoms with Crippen LogP contribution in [0.2, 0.25) is 0 Å². The molecule has 3 aliphatic carbocycles. The van der Waals surface area contributed by atoms with Gasteiger partial charge in [-0.05, 0) is 117 Å². The third kappa shape index (κ3) is 2.67. The van der Waals surface area contributed by atoms with Gasteiger partial charge in [-0.3, -0.25) is 4.98 Å². The fourth-order valence-electron chi connectivity index (χ4n) is 8.71. The van der Waals surface area contributed by atoms with Gasteiger partial charge in [0.15, 0.2) is 0 Å². The van der Waals surface area contributed by atoms with Gasteiger partial charge in [0, 0.05) is 23.8 Å². The molecule has 2 saturated carbocycles. The van der Waals surface area contributed by atoms with Crippen LogP contribution >= 0.6 is 0 Å². The Morgan fingerprint density at radius 1 is 1.06 bits per heavy atom. The molecule has 33 heavy (non-hydrogen) atoms. The number of aromatic nitrogens is 1. The van der Waals surface area contributed by atoms with Gasteiger partial charge in [-0.2, -0.15) is 0 Å². The van der Waals surface area contributed by atoms with Crippen LogP contribution in [0.1, 0.15) is 69.8 Å². The van der Waals surface area contributed by atoms with Gasteiger partial charge in [-0.15, -0.1) is 0 Å². The Bertz CT molecular complexity index is 1200. The Morgan fingerprint density at radius 2 is 1.97 bits per heavy atom. The van der Waals surface area contributed by atoms with Crippen molar-refractivity contribution in [3.63, 3.8) is 0 Å². The van der Waals surface area contributed by atoms with E-state index in [0.717, 1.165) is 12.8 Å². The summed E-state index contributed by atoms with van der Waals surface area (Å²) < 4.78 is 7.42. The van der Waals surface area contributed by atoms with Gasteiger partial charge in [0.25, 0.3) is 0 Å². The molecule has 1 aromatic heterocycles. The van der Waals surface area contributed by atoms with E-state index >= 15 is 0 Å². The summed E-state index contributed by atoms with van der Waals surface area (Å²) in [6, 6.07) is 9.84. The Balaban J connectivity index is 1.27. The van der Waals surface area contributed by atoms with Gasteiger partial charge in [0.2, 0.25) is 0 Å². The minimum absolute atomic E-state index is 0.0221. The summed E-state index contributed by atoms with van der Waals surface area (Å²) in [7, 11) is 4.46. The van der Waals surface area contributed by atoms with Gasteiger partial charge < -0.3 is 9.64 Å². The zero-order valence-electron chi connectivity index (χ0n) is 20.3. The van der Waals surface area contributed by atoms with Crippen LogP contribution in [0.3, 0.4) is 0 Å². The molecule has 2 aromatic rings. The number of benzene rings is 1. The summed E-state index contributed by atoms with van der Waals surface area (Å²) in [6.45, 7) is 2.59. The molecular formula is C30H36N2O. The molecule has 3 nitrogen and oxygen atoms in total. The zero-order chi connectivity index (χ0) is 22.4. The summed E-state index contributed by atoms with van der Waals surface area (Å²) in [5.41, 5.74) is 4.88. The molecule has 6 atom stereocenters. The van der Waals surface area contributed by atoms with E-state index in [1.165, 1.54) is 60.4 Å². The number of rotatable bonds is 2. The number of hydrogen-bond donors (Lipinski definition) is 0. The van der Waals surface area contributed by atoms with Crippen molar-refractivity contribution in [2.24, 2.45) is 11.3 Å². The number of hydrogen-bond acceptors (Lipinski definition) is 3. The Hall–Kier alpha value is -1.97. The fourth-order valence-corrected chi connectivity index (χ4v) is 8.71. The Kier molecular flexibility index (Phi) is 4.20. The third-order valence-corrected chi connectivity index (χ3v) is 10.5. The molecule has 3 fully saturated rings. The van der Waals surface area contributed by atoms with E-state index < -0.39 is 0 Å². The molecular weight excluding hydrogens is 404 g/mol. The number of ether oxygens (including phenoxy) is 1. The van der Waals surface area contributed by atoms with Crippen LogP contribution < -0.4 is 0 Å². The molecule has 0 unspecified atom stereocenters. The van der Waals surface area contributed by atoms with Gasteiger partial charge >= 0.3 is 0 Å². The lowest BCUT2D eigenvalue weighted by molar-refractivity contribution is -0.144. The van der Waals surface area contributed by atoms with Crippen molar-refractivity contribution in [1.29, 1.82) is 0 Å². The van der Waals surface area contributed by atoms with Crippen LogP contribution in [0.5, 0.6) is 0 Å². The van der Waals surface area contributed by atoms with Crippen molar-refractivity contribution < 1.29 is 4.74 Å². The molecule has 172 valence electrons. The molecule has 3 heteroatoms. The number of nitrogens with zero attached hydrogens (tertiary/aromatic N) is 2. The first kappa shape index (κ1) is 20.4. The molecule has 5 aliphatic rings. The van der Waals surface area contributed by atoms with Crippen LogP contribution in [0.4, 0.5) is 0 Å². The third-order valence-electron chi connectivity index (χ3n) is 10.5. The molecule has 0 amide bonds. The smallest absolute Gasteiger partial charge is 0.0956 e. The second-order valence-electron chi connectivity index (χ2n) is 12.0. The van der Waals surface area contributed by atoms with Gasteiger partial charge in [-0.25, -0.2) is 0 Å². The van der Waals surface area contributed by atoms with Crippen molar-refractivity contribution in [2.45, 2.75) is 81.5 Å². The lowest BCUT2D eigenvalue weighted by Gasteiger charge is -2.55. The SMILES string of the molecule is CN(C)[C@@H]1CC=C2C=C3CC[C@]4(C)[C@@H](c5ccc6ccncc6c5)CC[C@H]4[C@@]34CC[C@]2(C1)O4. The van der Waals surface area contributed by atoms with Crippen LogP contribution in [0, 0.1) is 11.3 Å². The monoisotopic (exact) mass is 440 g/mol. The van der Waals surface area contributed by atoms with E-state index in [1.807, 2.05) is 12.4 Å². The highest BCUT2D eigenvalue weighted by atomic mass is 16.5. The second kappa shape index (κ2) is 6.79. The lowest BCUT2D eigenvalue weighted by atomic mass is 9.56. The van der Waals surface area contributed by atoms with Crippen molar-refractivity contribution in [2.75, 3.05) is 14.1 Å². The zero-order valence-corrected chi connectivity index (χ0v) is 20.3. The molecule has 2 aliphatic heterocycles. The minimum atomic E-state index is -0.0400. The Morgan fingerprint density at radius 3 is 2.85 bits per heavy atom. The molecule has 1 aromatic carbocycles. The predicted octanol–water partition coefficient (Wildman–Crippen LogP) is 6.41. The second-order valence-corrected chi connectivity index (χ2v) is 12.0. The van der Waals surface area contributed by atoms with Crippen LogP contribution in [0.25, 0.3) is 10.8 Å².